The Morgan fingerprint density at radius 2 is 1.95 bits per heavy atom. The zero-order valence-corrected chi connectivity index (χ0v) is 11.5. The van der Waals surface area contributed by atoms with Crippen LogP contribution in [0.4, 0.5) is 13.2 Å². The average molecular weight is 300 g/mol. The van der Waals surface area contributed by atoms with Gasteiger partial charge in [0.2, 0.25) is 0 Å². The molecule has 2 aromatic rings. The predicted molar refractivity (Wildman–Crippen MR) is 70.3 cm³/mol. The molecule has 0 fully saturated rings. The second kappa shape index (κ2) is 6.39. The maximum atomic E-state index is 12.7. The van der Waals surface area contributed by atoms with Gasteiger partial charge in [-0.25, -0.2) is 4.98 Å². The molecule has 0 spiro atoms. The number of alkyl halides is 3. The third-order valence-corrected chi connectivity index (χ3v) is 3.01. The number of benzene rings is 1. The molecule has 0 radical (unpaired) electrons. The number of hydrogen-bond acceptors (Lipinski definition) is 4. The summed E-state index contributed by atoms with van der Waals surface area (Å²) in [6.07, 6.45) is -3.31. The summed E-state index contributed by atoms with van der Waals surface area (Å²) in [6.45, 7) is 4.00. The first-order valence-corrected chi connectivity index (χ1v) is 6.55. The van der Waals surface area contributed by atoms with E-state index in [1.165, 1.54) is 12.3 Å². The summed E-state index contributed by atoms with van der Waals surface area (Å²) in [4.78, 5) is 3.83. The van der Waals surface area contributed by atoms with E-state index in [0.29, 0.717) is 6.07 Å². The Labute approximate surface area is 117 Å². The number of aromatic nitrogens is 1. The lowest BCUT2D eigenvalue weighted by molar-refractivity contribution is -0.138. The quantitative estimate of drug-likeness (QED) is 0.847. The summed E-state index contributed by atoms with van der Waals surface area (Å²) >= 11 is 1.08. The van der Waals surface area contributed by atoms with Crippen molar-refractivity contribution in [3.63, 3.8) is 0 Å². The first-order chi connectivity index (χ1) is 9.43. The summed E-state index contributed by atoms with van der Waals surface area (Å²) in [5.41, 5.74) is -1.49. The Balaban J connectivity index is 0.000000956. The Morgan fingerprint density at radius 3 is 2.40 bits per heavy atom. The van der Waals surface area contributed by atoms with Gasteiger partial charge in [-0.3, -0.25) is 0 Å². The Kier molecular flexibility index (Phi) is 5.11. The van der Waals surface area contributed by atoms with Crippen molar-refractivity contribution in [2.45, 2.75) is 20.0 Å². The van der Waals surface area contributed by atoms with Gasteiger partial charge in [0.1, 0.15) is 10.8 Å². The maximum Gasteiger partial charge on any atom is 0.420 e. The van der Waals surface area contributed by atoms with E-state index < -0.39 is 17.5 Å². The number of thiazole rings is 1. The van der Waals surface area contributed by atoms with Gasteiger partial charge in [0.15, 0.2) is 0 Å². The highest BCUT2D eigenvalue weighted by Gasteiger charge is 2.35. The Hall–Kier alpha value is -2.07. The zero-order chi connectivity index (χ0) is 15.3. The van der Waals surface area contributed by atoms with Gasteiger partial charge >= 0.3 is 6.18 Å². The monoisotopic (exact) mass is 300 g/mol. The third kappa shape index (κ3) is 3.27. The lowest BCUT2D eigenvalue weighted by Crippen LogP contribution is -2.06. The van der Waals surface area contributed by atoms with Crippen LogP contribution in [-0.4, -0.2) is 10.1 Å². The van der Waals surface area contributed by atoms with Crippen LogP contribution in [0.15, 0.2) is 23.7 Å². The minimum Gasteiger partial charge on any atom is -0.507 e. The van der Waals surface area contributed by atoms with Crippen LogP contribution in [0.25, 0.3) is 10.6 Å². The van der Waals surface area contributed by atoms with Crippen molar-refractivity contribution in [1.82, 2.24) is 4.98 Å². The Bertz CT molecular complexity index is 616. The third-order valence-electron chi connectivity index (χ3n) is 2.21. The number of hydrogen-bond donors (Lipinski definition) is 1. The van der Waals surface area contributed by atoms with Crippen molar-refractivity contribution in [3.8, 4) is 22.4 Å². The summed E-state index contributed by atoms with van der Waals surface area (Å²) in [7, 11) is 0. The molecule has 0 aliphatic heterocycles. The molecule has 0 saturated heterocycles. The van der Waals surface area contributed by atoms with E-state index in [1.54, 1.807) is 11.4 Å². The van der Waals surface area contributed by atoms with E-state index in [9.17, 15) is 18.3 Å². The molecular formula is C13H11F3N2OS. The molecular weight excluding hydrogens is 289 g/mol. The minimum absolute atomic E-state index is 0.0867. The molecule has 0 saturated carbocycles. The minimum atomic E-state index is -4.72. The van der Waals surface area contributed by atoms with Crippen molar-refractivity contribution in [2.75, 3.05) is 0 Å². The molecule has 1 aromatic heterocycles. The zero-order valence-electron chi connectivity index (χ0n) is 10.7. The summed E-state index contributed by atoms with van der Waals surface area (Å²) in [5, 5.41) is 20.2. The number of nitrogens with zero attached hydrogens (tertiary/aromatic N) is 2. The number of phenolic OH excluding ortho intramolecular Hbond substituents is 1. The topological polar surface area (TPSA) is 56.9 Å². The largest absolute Gasteiger partial charge is 0.507 e. The van der Waals surface area contributed by atoms with Gasteiger partial charge in [-0.15, -0.1) is 11.3 Å². The van der Waals surface area contributed by atoms with Crippen LogP contribution in [0.1, 0.15) is 25.0 Å². The molecule has 0 unspecified atom stereocenters. The van der Waals surface area contributed by atoms with Crippen LogP contribution in [0.3, 0.4) is 0 Å². The lowest BCUT2D eigenvalue weighted by Gasteiger charge is -2.11. The van der Waals surface area contributed by atoms with E-state index in [-0.39, 0.29) is 16.1 Å². The molecule has 0 bridgehead atoms. The number of rotatable bonds is 1. The number of phenols is 1. The summed E-state index contributed by atoms with van der Waals surface area (Å²) in [6, 6.07) is 3.44. The van der Waals surface area contributed by atoms with E-state index >= 15 is 0 Å². The fraction of sp³-hybridized carbons (Fsp3) is 0.231. The number of aromatic hydroxyl groups is 1. The highest BCUT2D eigenvalue weighted by Crippen LogP contribution is 2.42. The van der Waals surface area contributed by atoms with E-state index in [1.807, 2.05) is 13.8 Å². The second-order valence-electron chi connectivity index (χ2n) is 3.37. The molecule has 3 nitrogen and oxygen atoms in total. The van der Waals surface area contributed by atoms with E-state index in [0.717, 1.165) is 11.3 Å². The van der Waals surface area contributed by atoms with Gasteiger partial charge in [-0.05, 0) is 12.1 Å². The summed E-state index contributed by atoms with van der Waals surface area (Å²) < 4.78 is 38.1. The Morgan fingerprint density at radius 1 is 1.30 bits per heavy atom. The van der Waals surface area contributed by atoms with E-state index in [4.69, 9.17) is 5.26 Å². The van der Waals surface area contributed by atoms with Gasteiger partial charge in [0, 0.05) is 11.6 Å². The fourth-order valence-corrected chi connectivity index (χ4v) is 2.09. The van der Waals surface area contributed by atoms with Crippen molar-refractivity contribution >= 4 is 11.3 Å². The van der Waals surface area contributed by atoms with Gasteiger partial charge in [0.05, 0.1) is 22.8 Å². The predicted octanol–water partition coefficient (Wildman–Crippen LogP) is 4.43. The standard InChI is InChI=1S/C11H5F3N2OS.C2H6/c12-11(13,14)8-4-6(5-15)3-7(9(8)17)10-16-1-2-18-10;1-2/h1-4,17H;1-2H3. The van der Waals surface area contributed by atoms with Crippen LogP contribution in [-0.2, 0) is 6.18 Å². The second-order valence-corrected chi connectivity index (χ2v) is 4.26. The van der Waals surface area contributed by atoms with Gasteiger partial charge in [0.25, 0.3) is 0 Å². The average Bonchev–Trinajstić information content (AvgIpc) is 2.94. The fourth-order valence-electron chi connectivity index (χ4n) is 1.43. The van der Waals surface area contributed by atoms with Crippen LogP contribution in [0, 0.1) is 11.3 Å². The molecule has 20 heavy (non-hydrogen) atoms. The molecule has 1 heterocycles. The molecule has 1 aromatic carbocycles. The van der Waals surface area contributed by atoms with E-state index in [2.05, 4.69) is 4.98 Å². The number of halogens is 3. The molecule has 0 aliphatic rings. The van der Waals surface area contributed by atoms with Crippen molar-refractivity contribution in [1.29, 1.82) is 5.26 Å². The van der Waals surface area contributed by atoms with Gasteiger partial charge < -0.3 is 5.11 Å². The maximum absolute atomic E-state index is 12.7. The smallest absolute Gasteiger partial charge is 0.420 e. The molecule has 2 rings (SSSR count). The molecule has 0 aliphatic carbocycles. The molecule has 1 N–H and O–H groups in total. The lowest BCUT2D eigenvalue weighted by atomic mass is 10.0. The van der Waals surface area contributed by atoms with Crippen molar-refractivity contribution in [3.05, 3.63) is 34.8 Å². The summed E-state index contributed by atoms with van der Waals surface area (Å²) in [5.74, 6) is -0.906. The van der Waals surface area contributed by atoms with Crippen LogP contribution in [0.2, 0.25) is 0 Å². The molecule has 7 heteroatoms. The highest BCUT2D eigenvalue weighted by atomic mass is 32.1. The number of nitriles is 1. The first-order valence-electron chi connectivity index (χ1n) is 5.67. The highest BCUT2D eigenvalue weighted by molar-refractivity contribution is 7.13. The van der Waals surface area contributed by atoms with Crippen molar-refractivity contribution in [2.24, 2.45) is 0 Å². The normalized spacial score (nSPS) is 10.4. The van der Waals surface area contributed by atoms with Gasteiger partial charge in [-0.2, -0.15) is 18.4 Å². The molecule has 0 amide bonds. The van der Waals surface area contributed by atoms with Crippen LogP contribution < -0.4 is 0 Å². The van der Waals surface area contributed by atoms with Crippen molar-refractivity contribution < 1.29 is 18.3 Å². The molecule has 106 valence electrons. The van der Waals surface area contributed by atoms with Crippen LogP contribution in [0.5, 0.6) is 5.75 Å². The van der Waals surface area contributed by atoms with Gasteiger partial charge in [-0.1, -0.05) is 13.8 Å². The first kappa shape index (κ1) is 16.0. The molecule has 0 atom stereocenters. The SMILES string of the molecule is CC.N#Cc1cc(-c2nccs2)c(O)c(C(F)(F)F)c1. The van der Waals surface area contributed by atoms with Crippen LogP contribution >= 0.6 is 11.3 Å².